The van der Waals surface area contributed by atoms with Gasteiger partial charge in [-0.15, -0.1) is 0 Å². The van der Waals surface area contributed by atoms with Gasteiger partial charge in [-0.25, -0.2) is 9.97 Å². The van der Waals surface area contributed by atoms with Crippen LogP contribution >= 0.6 is 0 Å². The van der Waals surface area contributed by atoms with Gasteiger partial charge in [-0.3, -0.25) is 0 Å². The second-order valence-electron chi connectivity index (χ2n) is 6.22. The summed E-state index contributed by atoms with van der Waals surface area (Å²) in [5.74, 6) is 2.03. The summed E-state index contributed by atoms with van der Waals surface area (Å²) in [7, 11) is 0. The number of nitrogens with zero attached hydrogens (tertiary/aromatic N) is 4. The Kier molecular flexibility index (Phi) is 3.51. The molecule has 1 N–H and O–H groups in total. The van der Waals surface area contributed by atoms with E-state index in [4.69, 9.17) is 4.98 Å². The normalized spacial score (nSPS) is 19.0. The number of fused-ring (bicyclic) bond motifs is 1. The fourth-order valence-corrected chi connectivity index (χ4v) is 3.77. The van der Waals surface area contributed by atoms with Crippen molar-refractivity contribution in [2.24, 2.45) is 0 Å². The maximum atomic E-state index is 5.01. The van der Waals surface area contributed by atoms with Crippen LogP contribution < -0.4 is 5.32 Å². The SMILES string of the molecule is c1cn(CCn2c(C3CCCC3)nc3c2CCNC3)cn1. The van der Waals surface area contributed by atoms with E-state index in [9.17, 15) is 0 Å². The smallest absolute Gasteiger partial charge is 0.112 e. The highest BCUT2D eigenvalue weighted by Gasteiger charge is 2.26. The van der Waals surface area contributed by atoms with Gasteiger partial charge in [0.05, 0.1) is 12.0 Å². The summed E-state index contributed by atoms with van der Waals surface area (Å²) < 4.78 is 4.68. The lowest BCUT2D eigenvalue weighted by molar-refractivity contribution is 0.508. The summed E-state index contributed by atoms with van der Waals surface area (Å²) in [6.07, 6.45) is 12.3. The van der Waals surface area contributed by atoms with Crippen molar-refractivity contribution >= 4 is 0 Å². The first-order valence-electron chi connectivity index (χ1n) is 8.16. The molecule has 5 nitrogen and oxygen atoms in total. The molecule has 0 spiro atoms. The second-order valence-corrected chi connectivity index (χ2v) is 6.22. The Bertz CT molecular complexity index is 592. The third-order valence-corrected chi connectivity index (χ3v) is 4.88. The summed E-state index contributed by atoms with van der Waals surface area (Å²) in [5.41, 5.74) is 2.75. The topological polar surface area (TPSA) is 47.7 Å². The van der Waals surface area contributed by atoms with E-state index in [1.807, 2.05) is 18.7 Å². The van der Waals surface area contributed by atoms with Crippen LogP contribution in [0, 0.1) is 0 Å². The van der Waals surface area contributed by atoms with E-state index in [0.29, 0.717) is 5.92 Å². The van der Waals surface area contributed by atoms with Gasteiger partial charge in [0.1, 0.15) is 5.82 Å². The van der Waals surface area contributed by atoms with Gasteiger partial charge in [-0.1, -0.05) is 12.8 Å². The Morgan fingerprint density at radius 1 is 1.24 bits per heavy atom. The molecule has 0 unspecified atom stereocenters. The zero-order chi connectivity index (χ0) is 14.1. The van der Waals surface area contributed by atoms with E-state index in [1.54, 1.807) is 0 Å². The van der Waals surface area contributed by atoms with Crippen LogP contribution in [0.4, 0.5) is 0 Å². The first-order chi connectivity index (χ1) is 10.4. The minimum atomic E-state index is 0.679. The molecular formula is C16H23N5. The average molecular weight is 285 g/mol. The summed E-state index contributed by atoms with van der Waals surface area (Å²) >= 11 is 0. The highest BCUT2D eigenvalue weighted by Crippen LogP contribution is 2.35. The fourth-order valence-electron chi connectivity index (χ4n) is 3.77. The Labute approximate surface area is 125 Å². The summed E-state index contributed by atoms with van der Waals surface area (Å²) in [4.78, 5) is 9.15. The van der Waals surface area contributed by atoms with Crippen LogP contribution in [0.5, 0.6) is 0 Å². The summed E-state index contributed by atoms with van der Waals surface area (Å²) in [6, 6.07) is 0. The number of hydrogen-bond acceptors (Lipinski definition) is 3. The van der Waals surface area contributed by atoms with Gasteiger partial charge < -0.3 is 14.5 Å². The second kappa shape index (κ2) is 5.64. The Balaban J connectivity index is 1.63. The van der Waals surface area contributed by atoms with Gasteiger partial charge in [-0.05, 0) is 12.8 Å². The van der Waals surface area contributed by atoms with Crippen molar-refractivity contribution in [2.45, 2.75) is 57.7 Å². The number of aryl methyl sites for hydroxylation is 1. The third-order valence-electron chi connectivity index (χ3n) is 4.88. The van der Waals surface area contributed by atoms with E-state index in [2.05, 4.69) is 19.4 Å². The van der Waals surface area contributed by atoms with E-state index >= 15 is 0 Å². The van der Waals surface area contributed by atoms with E-state index < -0.39 is 0 Å². The first kappa shape index (κ1) is 13.1. The molecule has 0 radical (unpaired) electrons. The van der Waals surface area contributed by atoms with Crippen molar-refractivity contribution in [3.05, 3.63) is 35.9 Å². The predicted octanol–water partition coefficient (Wildman–Crippen LogP) is 2.08. The van der Waals surface area contributed by atoms with Crippen molar-refractivity contribution in [2.75, 3.05) is 6.54 Å². The molecule has 2 aromatic heterocycles. The van der Waals surface area contributed by atoms with Gasteiger partial charge >= 0.3 is 0 Å². The van der Waals surface area contributed by atoms with E-state index in [1.165, 1.54) is 42.9 Å². The summed E-state index contributed by atoms with van der Waals surface area (Å²) in [5, 5.41) is 3.45. The van der Waals surface area contributed by atoms with Crippen LogP contribution in [0.1, 0.15) is 48.8 Å². The Morgan fingerprint density at radius 3 is 2.95 bits per heavy atom. The zero-order valence-electron chi connectivity index (χ0n) is 12.5. The van der Waals surface area contributed by atoms with Gasteiger partial charge in [0.2, 0.25) is 0 Å². The molecule has 1 aliphatic heterocycles. The minimum absolute atomic E-state index is 0.679. The maximum Gasteiger partial charge on any atom is 0.112 e. The van der Waals surface area contributed by atoms with Crippen molar-refractivity contribution in [3.63, 3.8) is 0 Å². The largest absolute Gasteiger partial charge is 0.336 e. The molecule has 1 fully saturated rings. The molecule has 2 aliphatic rings. The third kappa shape index (κ3) is 2.50. The first-order valence-corrected chi connectivity index (χ1v) is 8.16. The lowest BCUT2D eigenvalue weighted by atomic mass is 10.1. The summed E-state index contributed by atoms with van der Waals surface area (Å²) in [6.45, 7) is 4.02. The lowest BCUT2D eigenvalue weighted by Gasteiger charge is -2.18. The zero-order valence-corrected chi connectivity index (χ0v) is 12.5. The molecule has 4 rings (SSSR count). The molecule has 21 heavy (non-hydrogen) atoms. The van der Waals surface area contributed by atoms with Crippen LogP contribution in [-0.2, 0) is 26.1 Å². The van der Waals surface area contributed by atoms with Crippen LogP contribution in [0.15, 0.2) is 18.7 Å². The van der Waals surface area contributed by atoms with Crippen molar-refractivity contribution in [3.8, 4) is 0 Å². The number of imidazole rings is 2. The lowest BCUT2D eigenvalue weighted by Crippen LogP contribution is -2.25. The molecule has 0 atom stereocenters. The molecule has 0 aromatic carbocycles. The number of rotatable bonds is 4. The molecular weight excluding hydrogens is 262 g/mol. The van der Waals surface area contributed by atoms with Crippen LogP contribution in [0.2, 0.25) is 0 Å². The van der Waals surface area contributed by atoms with Crippen LogP contribution in [0.25, 0.3) is 0 Å². The standard InChI is InChI=1S/C16H23N5/c1-2-4-13(3-1)16-19-14-11-17-6-5-15(14)21(16)10-9-20-8-7-18-12-20/h7-8,12-13,17H,1-6,9-11H2. The highest BCUT2D eigenvalue weighted by molar-refractivity contribution is 5.22. The molecule has 112 valence electrons. The van der Waals surface area contributed by atoms with Gasteiger partial charge in [0, 0.05) is 56.6 Å². The fraction of sp³-hybridized carbons (Fsp3) is 0.625. The van der Waals surface area contributed by atoms with E-state index in [0.717, 1.165) is 32.6 Å². The Morgan fingerprint density at radius 2 is 2.14 bits per heavy atom. The predicted molar refractivity (Wildman–Crippen MR) is 81.1 cm³/mol. The maximum absolute atomic E-state index is 5.01. The molecule has 1 saturated carbocycles. The molecule has 2 aromatic rings. The van der Waals surface area contributed by atoms with Gasteiger partial charge in [-0.2, -0.15) is 0 Å². The highest BCUT2D eigenvalue weighted by atomic mass is 15.1. The van der Waals surface area contributed by atoms with Crippen LogP contribution in [0.3, 0.4) is 0 Å². The molecule has 3 heterocycles. The van der Waals surface area contributed by atoms with E-state index in [-0.39, 0.29) is 0 Å². The van der Waals surface area contributed by atoms with Crippen molar-refractivity contribution < 1.29 is 0 Å². The molecule has 0 amide bonds. The van der Waals surface area contributed by atoms with Crippen molar-refractivity contribution in [1.82, 2.24) is 24.4 Å². The average Bonchev–Trinajstić information content (AvgIpc) is 3.25. The number of aromatic nitrogens is 4. The quantitative estimate of drug-likeness (QED) is 0.935. The van der Waals surface area contributed by atoms with Gasteiger partial charge in [0.25, 0.3) is 0 Å². The molecule has 0 saturated heterocycles. The Hall–Kier alpha value is -1.62. The van der Waals surface area contributed by atoms with Crippen molar-refractivity contribution in [1.29, 1.82) is 0 Å². The number of nitrogens with one attached hydrogen (secondary N) is 1. The minimum Gasteiger partial charge on any atom is -0.336 e. The molecule has 5 heteroatoms. The van der Waals surface area contributed by atoms with Crippen LogP contribution in [-0.4, -0.2) is 25.6 Å². The number of hydrogen-bond donors (Lipinski definition) is 1. The monoisotopic (exact) mass is 285 g/mol. The molecule has 1 aliphatic carbocycles. The molecule has 0 bridgehead atoms. The van der Waals surface area contributed by atoms with Gasteiger partial charge in [0.15, 0.2) is 0 Å².